The highest BCUT2D eigenvalue weighted by atomic mass is 16.1. The monoisotopic (exact) mass is 309 g/mol. The van der Waals surface area contributed by atoms with Gasteiger partial charge in [0.05, 0.1) is 5.56 Å². The zero-order valence-corrected chi connectivity index (χ0v) is 13.5. The second kappa shape index (κ2) is 7.38. The summed E-state index contributed by atoms with van der Waals surface area (Å²) in [6.45, 7) is 4.47. The molecule has 0 bridgehead atoms. The zero-order chi connectivity index (χ0) is 16.1. The van der Waals surface area contributed by atoms with E-state index in [2.05, 4.69) is 34.3 Å². The molecular formula is C19H23N3O. The molecule has 1 amide bonds. The van der Waals surface area contributed by atoms with Gasteiger partial charge >= 0.3 is 0 Å². The van der Waals surface area contributed by atoms with Gasteiger partial charge in [0, 0.05) is 30.7 Å². The zero-order valence-electron chi connectivity index (χ0n) is 13.5. The lowest BCUT2D eigenvalue weighted by Crippen LogP contribution is -2.36. The smallest absolute Gasteiger partial charge is 0.257 e. The molecule has 2 aromatic rings. The highest BCUT2D eigenvalue weighted by molar-refractivity contribution is 6.03. The Morgan fingerprint density at radius 2 is 2.09 bits per heavy atom. The lowest BCUT2D eigenvalue weighted by atomic mass is 10.0. The summed E-state index contributed by atoms with van der Waals surface area (Å²) in [6.07, 6.45) is 7.16. The van der Waals surface area contributed by atoms with E-state index in [0.717, 1.165) is 12.2 Å². The van der Waals surface area contributed by atoms with Crippen LogP contribution in [0, 0.1) is 0 Å². The van der Waals surface area contributed by atoms with Crippen molar-refractivity contribution in [1.29, 1.82) is 0 Å². The highest BCUT2D eigenvalue weighted by Gasteiger charge is 2.18. The maximum atomic E-state index is 12.1. The number of carbonyl (C=O) groups is 1. The van der Waals surface area contributed by atoms with E-state index < -0.39 is 0 Å². The second-order valence-electron chi connectivity index (χ2n) is 6.21. The fourth-order valence-corrected chi connectivity index (χ4v) is 3.02. The van der Waals surface area contributed by atoms with Gasteiger partial charge in [0.2, 0.25) is 0 Å². The summed E-state index contributed by atoms with van der Waals surface area (Å²) in [5.74, 6) is -0.129. The standard InChI is InChI=1S/C19H23N3O/c1-15-5-2-3-12-22(15)14-16-7-9-18(10-8-16)21-19(23)17-6-4-11-20-13-17/h4,6-11,13,15H,2-3,5,12,14H2,1H3,(H,21,23). The Morgan fingerprint density at radius 3 is 2.78 bits per heavy atom. The Morgan fingerprint density at radius 1 is 1.26 bits per heavy atom. The van der Waals surface area contributed by atoms with Gasteiger partial charge in [-0.15, -0.1) is 0 Å². The number of hydrogen-bond acceptors (Lipinski definition) is 3. The molecule has 3 rings (SSSR count). The molecule has 0 spiro atoms. The van der Waals surface area contributed by atoms with Crippen LogP contribution in [0.25, 0.3) is 0 Å². The van der Waals surface area contributed by atoms with Crippen LogP contribution in [-0.4, -0.2) is 28.4 Å². The molecule has 1 aliphatic heterocycles. The van der Waals surface area contributed by atoms with Crippen LogP contribution in [0.2, 0.25) is 0 Å². The predicted octanol–water partition coefficient (Wildman–Crippen LogP) is 3.71. The molecule has 1 saturated heterocycles. The molecule has 0 saturated carbocycles. The molecule has 0 radical (unpaired) electrons. The molecule has 1 aromatic heterocycles. The van der Waals surface area contributed by atoms with Gasteiger partial charge in [0.1, 0.15) is 0 Å². The van der Waals surface area contributed by atoms with Gasteiger partial charge in [-0.25, -0.2) is 0 Å². The summed E-state index contributed by atoms with van der Waals surface area (Å²) in [5, 5.41) is 2.91. The van der Waals surface area contributed by atoms with Gasteiger partial charge in [-0.3, -0.25) is 14.7 Å². The normalized spacial score (nSPS) is 18.6. The van der Waals surface area contributed by atoms with E-state index in [0.29, 0.717) is 11.6 Å². The quantitative estimate of drug-likeness (QED) is 0.936. The number of carbonyl (C=O) groups excluding carboxylic acids is 1. The number of amides is 1. The summed E-state index contributed by atoms with van der Waals surface area (Å²) in [6, 6.07) is 12.3. The van der Waals surface area contributed by atoms with Gasteiger partial charge in [-0.05, 0) is 56.1 Å². The number of hydrogen-bond donors (Lipinski definition) is 1. The van der Waals surface area contributed by atoms with E-state index in [1.165, 1.54) is 31.4 Å². The van der Waals surface area contributed by atoms with Gasteiger partial charge in [-0.2, -0.15) is 0 Å². The first-order chi connectivity index (χ1) is 11.2. The van der Waals surface area contributed by atoms with Gasteiger partial charge in [-0.1, -0.05) is 18.6 Å². The number of aromatic nitrogens is 1. The largest absolute Gasteiger partial charge is 0.322 e. The predicted molar refractivity (Wildman–Crippen MR) is 92.4 cm³/mol. The third-order valence-electron chi connectivity index (χ3n) is 4.46. The summed E-state index contributed by atoms with van der Waals surface area (Å²) < 4.78 is 0. The number of piperidine rings is 1. The highest BCUT2D eigenvalue weighted by Crippen LogP contribution is 2.20. The molecule has 1 N–H and O–H groups in total. The number of nitrogens with one attached hydrogen (secondary N) is 1. The van der Waals surface area contributed by atoms with Crippen LogP contribution in [0.15, 0.2) is 48.8 Å². The fraction of sp³-hybridized carbons (Fsp3) is 0.368. The van der Waals surface area contributed by atoms with Crippen LogP contribution >= 0.6 is 0 Å². The minimum absolute atomic E-state index is 0.129. The molecule has 2 heterocycles. The van der Waals surface area contributed by atoms with E-state index >= 15 is 0 Å². The van der Waals surface area contributed by atoms with E-state index in [4.69, 9.17) is 0 Å². The van der Waals surface area contributed by atoms with Crippen molar-refractivity contribution in [3.63, 3.8) is 0 Å². The van der Waals surface area contributed by atoms with Crippen molar-refractivity contribution in [1.82, 2.24) is 9.88 Å². The number of benzene rings is 1. The van der Waals surface area contributed by atoms with Crippen molar-refractivity contribution < 1.29 is 4.79 Å². The summed E-state index contributed by atoms with van der Waals surface area (Å²) in [4.78, 5) is 18.6. The van der Waals surface area contributed by atoms with Crippen LogP contribution < -0.4 is 5.32 Å². The molecule has 23 heavy (non-hydrogen) atoms. The summed E-state index contributed by atoms with van der Waals surface area (Å²) >= 11 is 0. The van der Waals surface area contributed by atoms with Crippen molar-refractivity contribution in [3.8, 4) is 0 Å². The van der Waals surface area contributed by atoms with Crippen molar-refractivity contribution in [2.24, 2.45) is 0 Å². The Hall–Kier alpha value is -2.20. The van der Waals surface area contributed by atoms with Gasteiger partial charge < -0.3 is 5.32 Å². The molecular weight excluding hydrogens is 286 g/mol. The van der Waals surface area contributed by atoms with Crippen LogP contribution in [-0.2, 0) is 6.54 Å². The third kappa shape index (κ3) is 4.17. The fourth-order valence-electron chi connectivity index (χ4n) is 3.02. The topological polar surface area (TPSA) is 45.2 Å². The molecule has 1 aliphatic rings. The van der Waals surface area contributed by atoms with Crippen molar-refractivity contribution in [3.05, 3.63) is 59.9 Å². The Kier molecular flexibility index (Phi) is 5.03. The number of anilines is 1. The average Bonchev–Trinajstić information content (AvgIpc) is 2.59. The summed E-state index contributed by atoms with van der Waals surface area (Å²) in [7, 11) is 0. The first-order valence-corrected chi connectivity index (χ1v) is 8.27. The van der Waals surface area contributed by atoms with E-state index in [1.54, 1.807) is 24.5 Å². The first kappa shape index (κ1) is 15.7. The molecule has 1 unspecified atom stereocenters. The molecule has 4 nitrogen and oxygen atoms in total. The summed E-state index contributed by atoms with van der Waals surface area (Å²) in [5.41, 5.74) is 2.67. The molecule has 120 valence electrons. The number of pyridine rings is 1. The minimum atomic E-state index is -0.129. The Bertz CT molecular complexity index is 639. The van der Waals surface area contributed by atoms with E-state index in [1.807, 2.05) is 12.1 Å². The minimum Gasteiger partial charge on any atom is -0.322 e. The van der Waals surface area contributed by atoms with Crippen LogP contribution in [0.3, 0.4) is 0 Å². The molecule has 4 heteroatoms. The number of rotatable bonds is 4. The third-order valence-corrected chi connectivity index (χ3v) is 4.46. The van der Waals surface area contributed by atoms with E-state index in [9.17, 15) is 4.79 Å². The maximum absolute atomic E-state index is 12.1. The molecule has 1 fully saturated rings. The first-order valence-electron chi connectivity index (χ1n) is 8.27. The van der Waals surface area contributed by atoms with Crippen LogP contribution in [0.5, 0.6) is 0 Å². The Labute approximate surface area is 137 Å². The van der Waals surface area contributed by atoms with Crippen molar-refractivity contribution >= 4 is 11.6 Å². The number of nitrogens with zero attached hydrogens (tertiary/aromatic N) is 2. The molecule has 0 aliphatic carbocycles. The van der Waals surface area contributed by atoms with Crippen molar-refractivity contribution in [2.75, 3.05) is 11.9 Å². The van der Waals surface area contributed by atoms with Crippen molar-refractivity contribution in [2.45, 2.75) is 38.8 Å². The Balaban J connectivity index is 1.60. The molecule has 1 aromatic carbocycles. The van der Waals surface area contributed by atoms with Gasteiger partial charge in [0.15, 0.2) is 0 Å². The lowest BCUT2D eigenvalue weighted by Gasteiger charge is -2.33. The second-order valence-corrected chi connectivity index (χ2v) is 6.21. The molecule has 1 atom stereocenters. The van der Waals surface area contributed by atoms with E-state index in [-0.39, 0.29) is 5.91 Å². The van der Waals surface area contributed by atoms with Crippen LogP contribution in [0.1, 0.15) is 42.1 Å². The lowest BCUT2D eigenvalue weighted by molar-refractivity contribution is 0.102. The maximum Gasteiger partial charge on any atom is 0.257 e. The SMILES string of the molecule is CC1CCCCN1Cc1ccc(NC(=O)c2cccnc2)cc1. The van der Waals surface area contributed by atoms with Gasteiger partial charge in [0.25, 0.3) is 5.91 Å². The van der Waals surface area contributed by atoms with Crippen LogP contribution in [0.4, 0.5) is 5.69 Å². The average molecular weight is 309 g/mol. The number of likely N-dealkylation sites (tertiary alicyclic amines) is 1.